The first-order chi connectivity index (χ1) is 8.38. The van der Waals surface area contributed by atoms with Crippen molar-refractivity contribution in [3.63, 3.8) is 0 Å². The lowest BCUT2D eigenvalue weighted by Crippen LogP contribution is -2.19. The van der Waals surface area contributed by atoms with Crippen molar-refractivity contribution in [2.24, 2.45) is 17.0 Å². The van der Waals surface area contributed by atoms with E-state index in [-0.39, 0.29) is 23.8 Å². The highest BCUT2D eigenvalue weighted by molar-refractivity contribution is 7.54. The Bertz CT molecular complexity index is 360. The van der Waals surface area contributed by atoms with Crippen LogP contribution in [0, 0.1) is 11.8 Å². The van der Waals surface area contributed by atoms with Gasteiger partial charge in [0.1, 0.15) is 11.9 Å². The molecule has 0 heterocycles. The van der Waals surface area contributed by atoms with Crippen molar-refractivity contribution in [2.75, 3.05) is 26.9 Å². The lowest BCUT2D eigenvalue weighted by Gasteiger charge is -2.17. The minimum atomic E-state index is -3.29. The van der Waals surface area contributed by atoms with Crippen molar-refractivity contribution in [3.8, 4) is 0 Å². The molecule has 104 valence electrons. The van der Waals surface area contributed by atoms with E-state index < -0.39 is 7.60 Å². The summed E-state index contributed by atoms with van der Waals surface area (Å²) in [5, 5.41) is 3.46. The molecule has 0 unspecified atom stereocenters. The van der Waals surface area contributed by atoms with Crippen molar-refractivity contribution in [1.29, 1.82) is 0 Å². The van der Waals surface area contributed by atoms with Crippen LogP contribution in [0.1, 0.15) is 20.3 Å². The van der Waals surface area contributed by atoms with Gasteiger partial charge in [0.25, 0.3) is 0 Å². The van der Waals surface area contributed by atoms with Gasteiger partial charge in [-0.25, -0.2) is 0 Å². The molecule has 0 rings (SSSR count). The lowest BCUT2D eigenvalue weighted by atomic mass is 9.95. The summed E-state index contributed by atoms with van der Waals surface area (Å²) in [6, 6.07) is 0. The first-order valence-corrected chi connectivity index (χ1v) is 7.35. The maximum absolute atomic E-state index is 11.9. The summed E-state index contributed by atoms with van der Waals surface area (Å²) >= 11 is 0. The number of azide groups is 1. The quantitative estimate of drug-likeness (QED) is 0.280. The Morgan fingerprint density at radius 2 is 1.94 bits per heavy atom. The van der Waals surface area contributed by atoms with E-state index in [4.69, 9.17) is 14.6 Å². The molecule has 0 N–H and O–H groups in total. The van der Waals surface area contributed by atoms with Gasteiger partial charge >= 0.3 is 7.60 Å². The molecule has 18 heavy (non-hydrogen) atoms. The first-order valence-electron chi connectivity index (χ1n) is 5.62. The number of ketones is 1. The third kappa shape index (κ3) is 6.17. The molecular weight excluding hydrogens is 257 g/mol. The van der Waals surface area contributed by atoms with Crippen molar-refractivity contribution < 1.29 is 18.4 Å². The van der Waals surface area contributed by atoms with Gasteiger partial charge < -0.3 is 9.05 Å². The Labute approximate surface area is 107 Å². The molecule has 0 saturated heterocycles. The lowest BCUT2D eigenvalue weighted by molar-refractivity contribution is -0.120. The van der Waals surface area contributed by atoms with Gasteiger partial charge in [0, 0.05) is 31.6 Å². The third-order valence-corrected chi connectivity index (χ3v) is 4.48. The summed E-state index contributed by atoms with van der Waals surface area (Å²) in [5.41, 5.74) is 8.20. The molecule has 0 radical (unpaired) electrons. The van der Waals surface area contributed by atoms with E-state index in [1.807, 2.05) is 6.92 Å². The maximum atomic E-state index is 11.9. The zero-order valence-corrected chi connectivity index (χ0v) is 12.1. The Morgan fingerprint density at radius 1 is 1.39 bits per heavy atom. The second-order valence-electron chi connectivity index (χ2n) is 4.26. The normalized spacial score (nSPS) is 14.7. The minimum absolute atomic E-state index is 0.101. The van der Waals surface area contributed by atoms with E-state index in [1.165, 1.54) is 14.2 Å². The molecule has 2 atom stereocenters. The van der Waals surface area contributed by atoms with E-state index in [2.05, 4.69) is 10.0 Å². The molecule has 0 amide bonds. The highest BCUT2D eigenvalue weighted by Gasteiger charge is 2.28. The average Bonchev–Trinajstić information content (AvgIpc) is 2.35. The molecule has 0 aromatic heterocycles. The van der Waals surface area contributed by atoms with Crippen LogP contribution in [0.2, 0.25) is 0 Å². The Balaban J connectivity index is 4.34. The molecule has 0 fully saturated rings. The standard InChI is InChI=1S/C10H20N3O4P/c1-8(6-12-13-11)5-9(2)10(14)7-18(15,16-3)17-4/h8-9H,5-7H2,1-4H3/t8-,9+/m0/s1. The number of hydrogen-bond donors (Lipinski definition) is 0. The second-order valence-corrected chi connectivity index (χ2v) is 6.52. The summed E-state index contributed by atoms with van der Waals surface area (Å²) < 4.78 is 21.2. The number of carbonyl (C=O) groups is 1. The van der Waals surface area contributed by atoms with Gasteiger partial charge in [0.05, 0.1) is 0 Å². The molecule has 0 aliphatic rings. The van der Waals surface area contributed by atoms with Crippen molar-refractivity contribution in [3.05, 3.63) is 10.4 Å². The van der Waals surface area contributed by atoms with Crippen molar-refractivity contribution in [2.45, 2.75) is 20.3 Å². The number of carbonyl (C=O) groups excluding carboxylic acids is 1. The first kappa shape index (κ1) is 17.1. The smallest absolute Gasteiger partial charge is 0.312 e. The average molecular weight is 277 g/mol. The van der Waals surface area contributed by atoms with E-state index >= 15 is 0 Å². The summed E-state index contributed by atoms with van der Waals surface area (Å²) in [7, 11) is -0.774. The van der Waals surface area contributed by atoms with Crippen LogP contribution in [0.3, 0.4) is 0 Å². The van der Waals surface area contributed by atoms with E-state index in [9.17, 15) is 9.36 Å². The van der Waals surface area contributed by atoms with Gasteiger partial charge in [-0.1, -0.05) is 19.0 Å². The minimum Gasteiger partial charge on any atom is -0.312 e. The zero-order chi connectivity index (χ0) is 14.2. The maximum Gasteiger partial charge on any atom is 0.337 e. The molecule has 0 aromatic rings. The fourth-order valence-corrected chi connectivity index (χ4v) is 2.64. The van der Waals surface area contributed by atoms with Gasteiger partial charge in [-0.2, -0.15) is 0 Å². The number of nitrogens with zero attached hydrogens (tertiary/aromatic N) is 3. The number of rotatable bonds is 9. The van der Waals surface area contributed by atoms with Crippen LogP contribution in [0.4, 0.5) is 0 Å². The van der Waals surface area contributed by atoms with Gasteiger partial charge in [-0.3, -0.25) is 9.36 Å². The van der Waals surface area contributed by atoms with Gasteiger partial charge in [0.2, 0.25) is 0 Å². The SMILES string of the molecule is COP(=O)(CC(=O)[C@H](C)C[C@H](C)CN=[N+]=[N-])OC. The van der Waals surface area contributed by atoms with E-state index in [0.29, 0.717) is 13.0 Å². The topological polar surface area (TPSA) is 101 Å². The molecule has 7 nitrogen and oxygen atoms in total. The van der Waals surface area contributed by atoms with E-state index in [1.54, 1.807) is 6.92 Å². The molecule has 8 heteroatoms. The number of hydrogen-bond acceptors (Lipinski definition) is 5. The van der Waals surface area contributed by atoms with Gasteiger partial charge in [-0.05, 0) is 17.9 Å². The molecule has 0 bridgehead atoms. The fraction of sp³-hybridized carbons (Fsp3) is 0.900. The molecular formula is C10H20N3O4P. The van der Waals surface area contributed by atoms with Crippen LogP contribution < -0.4 is 0 Å². The highest BCUT2D eigenvalue weighted by Crippen LogP contribution is 2.46. The summed E-state index contributed by atoms with van der Waals surface area (Å²) in [4.78, 5) is 14.5. The Morgan fingerprint density at radius 3 is 2.39 bits per heavy atom. The highest BCUT2D eigenvalue weighted by atomic mass is 31.2. The Hall–Kier alpha value is -0.870. The monoisotopic (exact) mass is 277 g/mol. The molecule has 0 aliphatic heterocycles. The van der Waals surface area contributed by atoms with Crippen LogP contribution >= 0.6 is 7.60 Å². The Kier molecular flexibility index (Phi) is 7.87. The third-order valence-electron chi connectivity index (χ3n) is 2.67. The largest absolute Gasteiger partial charge is 0.337 e. The van der Waals surface area contributed by atoms with Gasteiger partial charge in [-0.15, -0.1) is 0 Å². The fourth-order valence-electron chi connectivity index (χ4n) is 1.54. The molecule has 0 saturated carbocycles. The number of Topliss-reactive ketones (excluding diaryl/α,β-unsaturated/α-hetero) is 1. The van der Waals surface area contributed by atoms with Crippen LogP contribution in [0.25, 0.3) is 10.4 Å². The van der Waals surface area contributed by atoms with Crippen molar-refractivity contribution in [1.82, 2.24) is 0 Å². The zero-order valence-electron chi connectivity index (χ0n) is 11.2. The van der Waals surface area contributed by atoms with Crippen LogP contribution in [-0.4, -0.2) is 32.7 Å². The summed E-state index contributed by atoms with van der Waals surface area (Å²) in [6.07, 6.45) is 0.348. The predicted molar refractivity (Wildman–Crippen MR) is 68.5 cm³/mol. The summed E-state index contributed by atoms with van der Waals surface area (Å²) in [6.45, 7) is 4.00. The molecule has 0 aliphatic carbocycles. The van der Waals surface area contributed by atoms with Crippen LogP contribution in [-0.2, 0) is 18.4 Å². The molecule has 0 aromatic carbocycles. The van der Waals surface area contributed by atoms with Crippen LogP contribution in [0.5, 0.6) is 0 Å². The van der Waals surface area contributed by atoms with Crippen LogP contribution in [0.15, 0.2) is 5.11 Å². The second kappa shape index (κ2) is 8.27. The molecule has 0 spiro atoms. The van der Waals surface area contributed by atoms with Crippen molar-refractivity contribution >= 4 is 13.4 Å². The summed E-state index contributed by atoms with van der Waals surface area (Å²) in [5.74, 6) is -0.341. The van der Waals surface area contributed by atoms with E-state index in [0.717, 1.165) is 0 Å². The van der Waals surface area contributed by atoms with Gasteiger partial charge in [0.15, 0.2) is 0 Å². The predicted octanol–water partition coefficient (Wildman–Crippen LogP) is 3.01.